The lowest BCUT2D eigenvalue weighted by Gasteiger charge is -2.18. The van der Waals surface area contributed by atoms with E-state index in [-0.39, 0.29) is 10.4 Å². The van der Waals surface area contributed by atoms with Crippen molar-refractivity contribution < 1.29 is 21.9 Å². The molecule has 92 valence electrons. The Hall–Kier alpha value is -1.22. The van der Waals surface area contributed by atoms with Crippen LogP contribution < -0.4 is 10.1 Å². The van der Waals surface area contributed by atoms with Crippen molar-refractivity contribution in [2.24, 2.45) is 4.40 Å². The summed E-state index contributed by atoms with van der Waals surface area (Å²) in [5, 5.41) is 2.46. The molecule has 0 aromatic heterocycles. The van der Waals surface area contributed by atoms with E-state index in [0.29, 0.717) is 6.07 Å². The van der Waals surface area contributed by atoms with E-state index in [1.54, 1.807) is 0 Å². The largest absolute Gasteiger partial charge is 0.491 e. The molecule has 0 saturated carbocycles. The standard InChI is InChI=1S/C8H5BrF2N2O3S/c1-16-7-5(11)3(10)2-4-6(7)12-8(9)13-17(4,14)15/h2H,1H3,(H,12,13). The lowest BCUT2D eigenvalue weighted by molar-refractivity contribution is 0.372. The fraction of sp³-hybridized carbons (Fsp3) is 0.125. The second-order valence-electron chi connectivity index (χ2n) is 3.06. The minimum atomic E-state index is -4.07. The van der Waals surface area contributed by atoms with Gasteiger partial charge in [-0.2, -0.15) is 12.8 Å². The van der Waals surface area contributed by atoms with Crippen molar-refractivity contribution in [1.82, 2.24) is 0 Å². The van der Waals surface area contributed by atoms with Crippen LogP contribution in [0.3, 0.4) is 0 Å². The van der Waals surface area contributed by atoms with Crippen molar-refractivity contribution in [3.63, 3.8) is 0 Å². The molecular weight excluding hydrogens is 322 g/mol. The van der Waals surface area contributed by atoms with Gasteiger partial charge in [-0.05, 0) is 22.0 Å². The zero-order valence-corrected chi connectivity index (χ0v) is 10.7. The smallest absolute Gasteiger partial charge is 0.287 e. The van der Waals surface area contributed by atoms with E-state index in [1.165, 1.54) is 0 Å². The first-order chi connectivity index (χ1) is 7.86. The molecule has 0 amide bonds. The Kier molecular flexibility index (Phi) is 2.82. The summed E-state index contributed by atoms with van der Waals surface area (Å²) in [5.74, 6) is -3.11. The van der Waals surface area contributed by atoms with E-state index < -0.39 is 32.3 Å². The summed E-state index contributed by atoms with van der Waals surface area (Å²) in [6, 6.07) is 0.554. The lowest BCUT2D eigenvalue weighted by Crippen LogP contribution is -2.18. The third-order valence-corrected chi connectivity index (χ3v) is 3.96. The van der Waals surface area contributed by atoms with Crippen LogP contribution in [0.25, 0.3) is 0 Å². The number of ether oxygens (including phenoxy) is 1. The number of nitrogens with zero attached hydrogens (tertiary/aromatic N) is 1. The highest BCUT2D eigenvalue weighted by Gasteiger charge is 2.31. The summed E-state index contributed by atoms with van der Waals surface area (Å²) in [6.45, 7) is 0. The van der Waals surface area contributed by atoms with Crippen molar-refractivity contribution in [2.45, 2.75) is 4.90 Å². The maximum Gasteiger partial charge on any atom is 0.287 e. The molecular formula is C8H5BrF2N2O3S. The fourth-order valence-corrected chi connectivity index (χ4v) is 3.15. The molecule has 0 aliphatic carbocycles. The molecule has 1 aliphatic heterocycles. The van der Waals surface area contributed by atoms with Gasteiger partial charge in [-0.15, -0.1) is 4.40 Å². The molecule has 0 atom stereocenters. The van der Waals surface area contributed by atoms with Gasteiger partial charge in [-0.25, -0.2) is 4.39 Å². The number of fused-ring (bicyclic) bond motifs is 1. The maximum absolute atomic E-state index is 13.4. The molecule has 0 unspecified atom stereocenters. The number of benzene rings is 1. The monoisotopic (exact) mass is 326 g/mol. The molecule has 1 N–H and O–H groups in total. The maximum atomic E-state index is 13.4. The summed E-state index contributed by atoms with van der Waals surface area (Å²) in [6.07, 6.45) is 0. The van der Waals surface area contributed by atoms with Crippen LogP contribution in [-0.2, 0) is 10.0 Å². The summed E-state index contributed by atoms with van der Waals surface area (Å²) in [7, 11) is -2.97. The average molecular weight is 327 g/mol. The van der Waals surface area contributed by atoms with Crippen molar-refractivity contribution in [3.8, 4) is 5.75 Å². The van der Waals surface area contributed by atoms with Gasteiger partial charge >= 0.3 is 0 Å². The first-order valence-electron chi connectivity index (χ1n) is 4.20. The Bertz CT molecular complexity index is 630. The van der Waals surface area contributed by atoms with Gasteiger partial charge in [0.25, 0.3) is 10.0 Å². The van der Waals surface area contributed by atoms with Gasteiger partial charge in [-0.1, -0.05) is 0 Å². The Labute approximate surface area is 104 Å². The van der Waals surface area contributed by atoms with Gasteiger partial charge in [0.05, 0.1) is 7.11 Å². The number of halogens is 3. The Morgan fingerprint density at radius 1 is 1.47 bits per heavy atom. The number of rotatable bonds is 1. The molecule has 0 saturated heterocycles. The van der Waals surface area contributed by atoms with Gasteiger partial charge < -0.3 is 10.1 Å². The summed E-state index contributed by atoms with van der Waals surface area (Å²) >= 11 is 2.83. The zero-order valence-electron chi connectivity index (χ0n) is 8.29. The highest BCUT2D eigenvalue weighted by Crippen LogP contribution is 2.39. The molecule has 17 heavy (non-hydrogen) atoms. The molecule has 0 spiro atoms. The van der Waals surface area contributed by atoms with Crippen molar-refractivity contribution in [3.05, 3.63) is 17.7 Å². The van der Waals surface area contributed by atoms with E-state index in [9.17, 15) is 17.2 Å². The first-order valence-corrected chi connectivity index (χ1v) is 6.43. The van der Waals surface area contributed by atoms with Crippen LogP contribution >= 0.6 is 15.9 Å². The van der Waals surface area contributed by atoms with Gasteiger partial charge in [0.15, 0.2) is 16.3 Å². The van der Waals surface area contributed by atoms with E-state index in [1.807, 2.05) is 0 Å². The van der Waals surface area contributed by atoms with Crippen LogP contribution in [0.4, 0.5) is 14.5 Å². The van der Waals surface area contributed by atoms with Gasteiger partial charge in [0, 0.05) is 0 Å². The van der Waals surface area contributed by atoms with Crippen molar-refractivity contribution in [1.29, 1.82) is 0 Å². The molecule has 1 heterocycles. The molecule has 0 bridgehead atoms. The van der Waals surface area contributed by atoms with E-state index >= 15 is 0 Å². The second-order valence-corrected chi connectivity index (χ2v) is 5.38. The third kappa shape index (κ3) is 1.89. The molecule has 9 heteroatoms. The Morgan fingerprint density at radius 2 is 2.12 bits per heavy atom. The van der Waals surface area contributed by atoms with Crippen LogP contribution in [0.15, 0.2) is 15.4 Å². The fourth-order valence-electron chi connectivity index (χ4n) is 1.37. The molecule has 1 aliphatic rings. The van der Waals surface area contributed by atoms with Crippen LogP contribution in [0.2, 0.25) is 0 Å². The van der Waals surface area contributed by atoms with Crippen molar-refractivity contribution >= 4 is 36.4 Å². The molecule has 2 rings (SSSR count). The molecule has 1 aromatic carbocycles. The van der Waals surface area contributed by atoms with Crippen LogP contribution in [0.1, 0.15) is 0 Å². The normalized spacial score (nSPS) is 16.8. The number of nitrogens with one attached hydrogen (secondary N) is 1. The Morgan fingerprint density at radius 3 is 2.71 bits per heavy atom. The van der Waals surface area contributed by atoms with Crippen molar-refractivity contribution in [2.75, 3.05) is 12.4 Å². The summed E-state index contributed by atoms with van der Waals surface area (Å²) in [5.41, 5.74) is -0.187. The first kappa shape index (κ1) is 12.2. The number of amidine groups is 1. The van der Waals surface area contributed by atoms with E-state index in [0.717, 1.165) is 7.11 Å². The minimum Gasteiger partial charge on any atom is -0.491 e. The van der Waals surface area contributed by atoms with E-state index in [2.05, 4.69) is 30.4 Å². The predicted molar refractivity (Wildman–Crippen MR) is 60.1 cm³/mol. The quantitative estimate of drug-likeness (QED) is 0.799. The van der Waals surface area contributed by atoms with Gasteiger partial charge in [0.2, 0.25) is 5.82 Å². The summed E-state index contributed by atoms with van der Waals surface area (Å²) in [4.78, 5) is -0.476. The number of anilines is 1. The minimum absolute atomic E-state index is 0.130. The van der Waals surface area contributed by atoms with Crippen LogP contribution in [0.5, 0.6) is 5.75 Å². The molecule has 5 nitrogen and oxygen atoms in total. The summed E-state index contributed by atoms with van der Waals surface area (Å²) < 4.78 is 57.6. The number of hydrogen-bond acceptors (Lipinski definition) is 4. The number of hydrogen-bond donors (Lipinski definition) is 1. The predicted octanol–water partition coefficient (Wildman–Crippen LogP) is 1.84. The Balaban J connectivity index is 2.84. The lowest BCUT2D eigenvalue weighted by atomic mass is 10.2. The van der Waals surface area contributed by atoms with Gasteiger partial charge in [-0.3, -0.25) is 0 Å². The number of methoxy groups -OCH3 is 1. The highest BCUT2D eigenvalue weighted by molar-refractivity contribution is 9.18. The van der Waals surface area contributed by atoms with Crippen LogP contribution in [-0.4, -0.2) is 20.3 Å². The average Bonchev–Trinajstić information content (AvgIpc) is 2.21. The number of sulfonamides is 1. The third-order valence-electron chi connectivity index (χ3n) is 2.05. The topological polar surface area (TPSA) is 67.8 Å². The molecule has 0 fully saturated rings. The zero-order chi connectivity index (χ0) is 12.8. The molecule has 1 aromatic rings. The van der Waals surface area contributed by atoms with E-state index in [4.69, 9.17) is 0 Å². The second kappa shape index (κ2) is 3.91. The van der Waals surface area contributed by atoms with Gasteiger partial charge in [0.1, 0.15) is 10.6 Å². The molecule has 0 radical (unpaired) electrons. The highest BCUT2D eigenvalue weighted by atomic mass is 79.9. The SMILES string of the molecule is COc1c(F)c(F)cc2c1NC(Br)=NS2(=O)=O. The van der Waals surface area contributed by atoms with Crippen LogP contribution in [0, 0.1) is 11.6 Å².